The molecule has 1 saturated heterocycles. The summed E-state index contributed by atoms with van der Waals surface area (Å²) in [6.45, 7) is 1.60. The van der Waals surface area contributed by atoms with E-state index in [0.29, 0.717) is 22.0 Å². The number of hydrogen-bond acceptors (Lipinski definition) is 4. The minimum atomic E-state index is -3.70. The lowest BCUT2D eigenvalue weighted by Gasteiger charge is -2.24. The van der Waals surface area contributed by atoms with Crippen LogP contribution in [0.1, 0.15) is 23.2 Å². The molecular weight excluding hydrogens is 386 g/mol. The van der Waals surface area contributed by atoms with E-state index in [-0.39, 0.29) is 16.8 Å². The molecule has 1 fully saturated rings. The molecule has 0 aliphatic carbocycles. The summed E-state index contributed by atoms with van der Waals surface area (Å²) in [7, 11) is -3.70. The fourth-order valence-electron chi connectivity index (χ4n) is 3.65. The van der Waals surface area contributed by atoms with Crippen molar-refractivity contribution in [3.63, 3.8) is 0 Å². The SMILES string of the molecule is O=C(Nc1ccccc1)c1ccc(S(=O)(=O)NC2CCNCC2)c2ccccc12. The van der Waals surface area contributed by atoms with E-state index < -0.39 is 10.0 Å². The Hall–Kier alpha value is -2.74. The number of rotatable bonds is 5. The van der Waals surface area contributed by atoms with Crippen molar-refractivity contribution in [2.45, 2.75) is 23.8 Å². The van der Waals surface area contributed by atoms with Gasteiger partial charge in [-0.15, -0.1) is 0 Å². The van der Waals surface area contributed by atoms with Crippen molar-refractivity contribution >= 4 is 32.4 Å². The number of fused-ring (bicyclic) bond motifs is 1. The summed E-state index contributed by atoms with van der Waals surface area (Å²) in [4.78, 5) is 13.0. The predicted molar refractivity (Wildman–Crippen MR) is 115 cm³/mol. The van der Waals surface area contributed by atoms with Gasteiger partial charge in [-0.3, -0.25) is 4.79 Å². The first-order valence-corrected chi connectivity index (χ1v) is 11.1. The number of amides is 1. The van der Waals surface area contributed by atoms with E-state index in [1.165, 1.54) is 6.07 Å². The highest BCUT2D eigenvalue weighted by Gasteiger charge is 2.24. The van der Waals surface area contributed by atoms with Crippen molar-refractivity contribution in [2.75, 3.05) is 18.4 Å². The number of piperidine rings is 1. The molecule has 1 amide bonds. The van der Waals surface area contributed by atoms with Gasteiger partial charge in [-0.1, -0.05) is 42.5 Å². The van der Waals surface area contributed by atoms with Gasteiger partial charge >= 0.3 is 0 Å². The van der Waals surface area contributed by atoms with Crippen LogP contribution < -0.4 is 15.4 Å². The van der Waals surface area contributed by atoms with Crippen molar-refractivity contribution in [1.29, 1.82) is 0 Å². The van der Waals surface area contributed by atoms with Crippen LogP contribution in [-0.4, -0.2) is 33.5 Å². The quantitative estimate of drug-likeness (QED) is 0.604. The molecule has 3 N–H and O–H groups in total. The van der Waals surface area contributed by atoms with Gasteiger partial charge in [-0.25, -0.2) is 13.1 Å². The van der Waals surface area contributed by atoms with Gasteiger partial charge in [0, 0.05) is 22.7 Å². The molecule has 29 heavy (non-hydrogen) atoms. The predicted octanol–water partition coefficient (Wildman–Crippen LogP) is 3.12. The highest BCUT2D eigenvalue weighted by Crippen LogP contribution is 2.27. The smallest absolute Gasteiger partial charge is 0.256 e. The minimum Gasteiger partial charge on any atom is -0.322 e. The van der Waals surface area contributed by atoms with Gasteiger partial charge in [0.1, 0.15) is 0 Å². The van der Waals surface area contributed by atoms with E-state index >= 15 is 0 Å². The molecule has 0 unspecified atom stereocenters. The average molecular weight is 410 g/mol. The summed E-state index contributed by atoms with van der Waals surface area (Å²) >= 11 is 0. The van der Waals surface area contributed by atoms with Gasteiger partial charge < -0.3 is 10.6 Å². The maximum atomic E-state index is 13.1. The largest absolute Gasteiger partial charge is 0.322 e. The summed E-state index contributed by atoms with van der Waals surface area (Å²) in [6.07, 6.45) is 1.52. The molecule has 4 rings (SSSR count). The van der Waals surface area contributed by atoms with Gasteiger partial charge in [0.15, 0.2) is 0 Å². The molecule has 0 aromatic heterocycles. The molecule has 3 aromatic rings. The standard InChI is InChI=1S/C22H23N3O3S/c26-22(24-16-6-2-1-3-7-16)20-10-11-21(19-9-5-4-8-18(19)20)29(27,28)25-17-12-14-23-15-13-17/h1-11,17,23,25H,12-15H2,(H,24,26). The van der Waals surface area contributed by atoms with Crippen LogP contribution in [0.2, 0.25) is 0 Å². The fraction of sp³-hybridized carbons (Fsp3) is 0.227. The van der Waals surface area contributed by atoms with E-state index in [9.17, 15) is 13.2 Å². The number of nitrogens with one attached hydrogen (secondary N) is 3. The molecule has 7 heteroatoms. The molecule has 1 aliphatic heterocycles. The second kappa shape index (κ2) is 8.32. The van der Waals surface area contributed by atoms with Gasteiger partial charge in [0.25, 0.3) is 5.91 Å². The van der Waals surface area contributed by atoms with Crippen LogP contribution in [0.3, 0.4) is 0 Å². The fourth-order valence-corrected chi connectivity index (χ4v) is 5.16. The van der Waals surface area contributed by atoms with E-state index in [1.54, 1.807) is 30.3 Å². The number of carbonyl (C=O) groups excluding carboxylic acids is 1. The zero-order chi connectivity index (χ0) is 20.3. The van der Waals surface area contributed by atoms with Crippen LogP contribution in [-0.2, 0) is 10.0 Å². The Kier molecular flexibility index (Phi) is 5.62. The molecule has 0 atom stereocenters. The molecule has 150 valence electrons. The topological polar surface area (TPSA) is 87.3 Å². The summed E-state index contributed by atoms with van der Waals surface area (Å²) in [6, 6.07) is 19.3. The van der Waals surface area contributed by atoms with E-state index in [0.717, 1.165) is 25.9 Å². The lowest BCUT2D eigenvalue weighted by atomic mass is 10.0. The van der Waals surface area contributed by atoms with Gasteiger partial charge in [-0.05, 0) is 55.6 Å². The van der Waals surface area contributed by atoms with Crippen molar-refractivity contribution in [3.05, 3.63) is 72.3 Å². The monoisotopic (exact) mass is 409 g/mol. The Labute approximate surface area is 170 Å². The highest BCUT2D eigenvalue weighted by atomic mass is 32.2. The lowest BCUT2D eigenvalue weighted by molar-refractivity contribution is 0.102. The highest BCUT2D eigenvalue weighted by molar-refractivity contribution is 7.89. The Balaban J connectivity index is 1.69. The summed E-state index contributed by atoms with van der Waals surface area (Å²) in [5.74, 6) is -0.275. The Morgan fingerprint density at radius 2 is 1.52 bits per heavy atom. The second-order valence-corrected chi connectivity index (χ2v) is 8.80. The summed E-state index contributed by atoms with van der Waals surface area (Å²) in [5, 5.41) is 7.24. The minimum absolute atomic E-state index is 0.0823. The maximum absolute atomic E-state index is 13.1. The van der Waals surface area contributed by atoms with Crippen molar-refractivity contribution in [2.24, 2.45) is 0 Å². The van der Waals surface area contributed by atoms with Crippen LogP contribution >= 0.6 is 0 Å². The van der Waals surface area contributed by atoms with Crippen LogP contribution in [0, 0.1) is 0 Å². The van der Waals surface area contributed by atoms with E-state index in [1.807, 2.05) is 30.3 Å². The number of sulfonamides is 1. The zero-order valence-corrected chi connectivity index (χ0v) is 16.7. The number of hydrogen-bond donors (Lipinski definition) is 3. The van der Waals surface area contributed by atoms with E-state index in [4.69, 9.17) is 0 Å². The second-order valence-electron chi connectivity index (χ2n) is 7.12. The van der Waals surface area contributed by atoms with Crippen LogP contribution in [0.15, 0.2) is 71.6 Å². The van der Waals surface area contributed by atoms with E-state index in [2.05, 4.69) is 15.4 Å². The number of anilines is 1. The molecule has 1 heterocycles. The third-order valence-corrected chi connectivity index (χ3v) is 6.69. The molecule has 0 radical (unpaired) electrons. The first-order valence-electron chi connectivity index (χ1n) is 9.66. The number of benzene rings is 3. The molecule has 1 aliphatic rings. The van der Waals surface area contributed by atoms with Gasteiger partial charge in [0.05, 0.1) is 4.90 Å². The lowest BCUT2D eigenvalue weighted by Crippen LogP contribution is -2.42. The Bertz CT molecular complexity index is 1120. The van der Waals surface area contributed by atoms with Crippen LogP contribution in [0.4, 0.5) is 5.69 Å². The van der Waals surface area contributed by atoms with Gasteiger partial charge in [-0.2, -0.15) is 0 Å². The Morgan fingerprint density at radius 1 is 0.862 bits per heavy atom. The number of carbonyl (C=O) groups is 1. The van der Waals surface area contributed by atoms with Crippen LogP contribution in [0.5, 0.6) is 0 Å². The zero-order valence-electron chi connectivity index (χ0n) is 15.9. The maximum Gasteiger partial charge on any atom is 0.256 e. The van der Waals surface area contributed by atoms with Crippen molar-refractivity contribution in [3.8, 4) is 0 Å². The summed E-state index contributed by atoms with van der Waals surface area (Å²) in [5.41, 5.74) is 1.12. The third kappa shape index (κ3) is 4.32. The third-order valence-electron chi connectivity index (χ3n) is 5.11. The first-order chi connectivity index (χ1) is 14.0. The molecule has 3 aromatic carbocycles. The first kappa shape index (κ1) is 19.6. The molecule has 0 spiro atoms. The van der Waals surface area contributed by atoms with Crippen molar-refractivity contribution < 1.29 is 13.2 Å². The number of para-hydroxylation sites is 1. The van der Waals surface area contributed by atoms with Crippen LogP contribution in [0.25, 0.3) is 10.8 Å². The normalized spacial score (nSPS) is 15.3. The van der Waals surface area contributed by atoms with Gasteiger partial charge in [0.2, 0.25) is 10.0 Å². The summed E-state index contributed by atoms with van der Waals surface area (Å²) < 4.78 is 28.9. The average Bonchev–Trinajstić information content (AvgIpc) is 2.74. The molecular formula is C22H23N3O3S. The molecule has 6 nitrogen and oxygen atoms in total. The molecule has 0 saturated carbocycles. The Morgan fingerprint density at radius 3 is 2.24 bits per heavy atom. The van der Waals surface area contributed by atoms with Crippen molar-refractivity contribution in [1.82, 2.24) is 10.0 Å². The molecule has 0 bridgehead atoms.